The Balaban J connectivity index is 1.50. The lowest BCUT2D eigenvalue weighted by Crippen LogP contribution is -2.32. The molecule has 0 aliphatic rings. The summed E-state index contributed by atoms with van der Waals surface area (Å²) in [7, 11) is 3.31. The molecule has 0 radical (unpaired) electrons. The SMILES string of the molecule is CCC(c1nnnn1Cc1ccc(OC)cc1)N(Cc1ccc(OC)cc1)Cc1cc2cc(C)ccc2[nH]c1=O. The molecule has 0 fully saturated rings. The molecule has 0 bridgehead atoms. The van der Waals surface area contributed by atoms with Gasteiger partial charge in [-0.15, -0.1) is 5.10 Å². The van der Waals surface area contributed by atoms with Crippen LogP contribution < -0.4 is 15.0 Å². The number of hydrogen-bond donors (Lipinski definition) is 1. The number of benzene rings is 3. The number of pyridine rings is 1. The number of H-pyrrole nitrogens is 1. The van der Waals surface area contributed by atoms with Crippen LogP contribution in [0.1, 0.15) is 47.5 Å². The summed E-state index contributed by atoms with van der Waals surface area (Å²) >= 11 is 0. The van der Waals surface area contributed by atoms with Gasteiger partial charge in [0.05, 0.1) is 26.8 Å². The Morgan fingerprint density at radius 2 is 1.57 bits per heavy atom. The number of nitrogens with zero attached hydrogens (tertiary/aromatic N) is 5. The molecule has 0 saturated carbocycles. The number of tetrazole rings is 1. The van der Waals surface area contributed by atoms with Crippen LogP contribution in [0.5, 0.6) is 11.5 Å². The number of aromatic nitrogens is 5. The van der Waals surface area contributed by atoms with Crippen molar-refractivity contribution in [2.24, 2.45) is 0 Å². The molecule has 9 heteroatoms. The van der Waals surface area contributed by atoms with Crippen LogP contribution in [0.4, 0.5) is 0 Å². The summed E-state index contributed by atoms with van der Waals surface area (Å²) in [6.07, 6.45) is 0.754. The largest absolute Gasteiger partial charge is 0.497 e. The molecule has 5 aromatic rings. The van der Waals surface area contributed by atoms with Crippen molar-refractivity contribution in [2.75, 3.05) is 14.2 Å². The fraction of sp³-hybridized carbons (Fsp3) is 0.290. The molecule has 206 valence electrons. The molecule has 0 aliphatic carbocycles. The molecule has 40 heavy (non-hydrogen) atoms. The van der Waals surface area contributed by atoms with Crippen LogP contribution in [0.25, 0.3) is 10.9 Å². The van der Waals surface area contributed by atoms with Gasteiger partial charge in [-0.1, -0.05) is 42.8 Å². The summed E-state index contributed by atoms with van der Waals surface area (Å²) in [6, 6.07) is 23.8. The molecule has 2 heterocycles. The number of methoxy groups -OCH3 is 2. The van der Waals surface area contributed by atoms with Crippen molar-refractivity contribution < 1.29 is 9.47 Å². The van der Waals surface area contributed by atoms with Crippen molar-refractivity contribution in [3.8, 4) is 11.5 Å². The molecule has 1 unspecified atom stereocenters. The van der Waals surface area contributed by atoms with Gasteiger partial charge in [0.15, 0.2) is 5.82 Å². The quantitative estimate of drug-likeness (QED) is 0.252. The van der Waals surface area contributed by atoms with Crippen LogP contribution >= 0.6 is 0 Å². The average molecular weight is 539 g/mol. The second-order valence-electron chi connectivity index (χ2n) is 9.93. The normalized spacial score (nSPS) is 12.1. The molecule has 9 nitrogen and oxygen atoms in total. The zero-order chi connectivity index (χ0) is 28.1. The highest BCUT2D eigenvalue weighted by molar-refractivity contribution is 5.79. The highest BCUT2D eigenvalue weighted by Crippen LogP contribution is 2.28. The molecule has 1 N–H and O–H groups in total. The molecule has 0 spiro atoms. The maximum absolute atomic E-state index is 13.2. The summed E-state index contributed by atoms with van der Waals surface area (Å²) in [5, 5.41) is 13.8. The second-order valence-corrected chi connectivity index (χ2v) is 9.93. The highest BCUT2D eigenvalue weighted by Gasteiger charge is 2.26. The monoisotopic (exact) mass is 538 g/mol. The van der Waals surface area contributed by atoms with E-state index in [1.54, 1.807) is 14.2 Å². The minimum Gasteiger partial charge on any atom is -0.497 e. The van der Waals surface area contributed by atoms with Crippen LogP contribution in [0.3, 0.4) is 0 Å². The number of aromatic amines is 1. The molecule has 0 amide bonds. The van der Waals surface area contributed by atoms with Gasteiger partial charge >= 0.3 is 0 Å². The van der Waals surface area contributed by atoms with Gasteiger partial charge < -0.3 is 14.5 Å². The van der Waals surface area contributed by atoms with Gasteiger partial charge in [0, 0.05) is 24.2 Å². The van der Waals surface area contributed by atoms with Crippen LogP contribution in [0, 0.1) is 6.92 Å². The zero-order valence-corrected chi connectivity index (χ0v) is 23.3. The summed E-state index contributed by atoms with van der Waals surface area (Å²) in [5.41, 5.74) is 4.73. The van der Waals surface area contributed by atoms with Crippen molar-refractivity contribution in [2.45, 2.75) is 45.9 Å². The van der Waals surface area contributed by atoms with Crippen molar-refractivity contribution in [1.29, 1.82) is 0 Å². The first-order chi connectivity index (χ1) is 19.5. The highest BCUT2D eigenvalue weighted by atomic mass is 16.5. The topological polar surface area (TPSA) is 98.2 Å². The number of hydrogen-bond acceptors (Lipinski definition) is 7. The Hall–Kier alpha value is -4.50. The maximum Gasteiger partial charge on any atom is 0.252 e. The summed E-state index contributed by atoms with van der Waals surface area (Å²) in [6.45, 7) is 5.72. The summed E-state index contributed by atoms with van der Waals surface area (Å²) < 4.78 is 12.5. The first-order valence-corrected chi connectivity index (χ1v) is 13.4. The van der Waals surface area contributed by atoms with E-state index in [4.69, 9.17) is 9.47 Å². The van der Waals surface area contributed by atoms with E-state index in [1.165, 1.54) is 0 Å². The van der Waals surface area contributed by atoms with Crippen molar-refractivity contribution in [3.63, 3.8) is 0 Å². The van der Waals surface area contributed by atoms with Crippen molar-refractivity contribution in [3.05, 3.63) is 111 Å². The molecule has 3 aromatic carbocycles. The molecular formula is C31H34N6O3. The number of nitrogens with one attached hydrogen (secondary N) is 1. The molecular weight excluding hydrogens is 504 g/mol. The fourth-order valence-electron chi connectivity index (χ4n) is 5.02. The average Bonchev–Trinajstić information content (AvgIpc) is 3.42. The van der Waals surface area contributed by atoms with Gasteiger partial charge in [-0.05, 0) is 82.7 Å². The lowest BCUT2D eigenvalue weighted by molar-refractivity contribution is 0.161. The van der Waals surface area contributed by atoms with E-state index in [9.17, 15) is 4.79 Å². The molecule has 5 rings (SSSR count). The Bertz CT molecular complexity index is 1630. The standard InChI is InChI=1S/C31H34N6O3/c1-5-29(30-33-34-35-37(30)19-23-9-13-27(40-4)14-10-23)36(18-22-7-11-26(39-3)12-8-22)20-25-17-24-16-21(2)6-15-28(24)32-31(25)38/h6-17,29H,5,18-20H2,1-4H3,(H,32,38). The second kappa shape index (κ2) is 12.1. The number of aryl methyl sites for hydroxylation is 1. The third kappa shape index (κ3) is 6.05. The van der Waals surface area contributed by atoms with Crippen LogP contribution in [-0.4, -0.2) is 44.3 Å². The van der Waals surface area contributed by atoms with Crippen molar-refractivity contribution >= 4 is 10.9 Å². The van der Waals surface area contributed by atoms with Gasteiger partial charge in [-0.3, -0.25) is 9.69 Å². The Morgan fingerprint density at radius 3 is 2.23 bits per heavy atom. The van der Waals surface area contributed by atoms with E-state index in [2.05, 4.69) is 45.3 Å². The number of fused-ring (bicyclic) bond motifs is 1. The molecule has 1 atom stereocenters. The van der Waals surface area contributed by atoms with E-state index in [0.717, 1.165) is 51.3 Å². The lowest BCUT2D eigenvalue weighted by atomic mass is 10.1. The van der Waals surface area contributed by atoms with Crippen LogP contribution in [0.15, 0.2) is 77.6 Å². The van der Waals surface area contributed by atoms with Crippen molar-refractivity contribution in [1.82, 2.24) is 30.1 Å². The van der Waals surface area contributed by atoms with Gasteiger partial charge in [0.1, 0.15) is 11.5 Å². The Morgan fingerprint density at radius 1 is 0.900 bits per heavy atom. The van der Waals surface area contributed by atoms with Crippen LogP contribution in [-0.2, 0) is 19.6 Å². The van der Waals surface area contributed by atoms with E-state index < -0.39 is 0 Å². The molecule has 0 aliphatic heterocycles. The summed E-state index contributed by atoms with van der Waals surface area (Å²) in [5.74, 6) is 2.35. The first-order valence-electron chi connectivity index (χ1n) is 13.4. The van der Waals surface area contributed by atoms with E-state index in [-0.39, 0.29) is 11.6 Å². The summed E-state index contributed by atoms with van der Waals surface area (Å²) in [4.78, 5) is 18.5. The van der Waals surface area contributed by atoms with Gasteiger partial charge in [-0.25, -0.2) is 4.68 Å². The Kier molecular flexibility index (Phi) is 8.21. The predicted molar refractivity (Wildman–Crippen MR) is 154 cm³/mol. The van der Waals surface area contributed by atoms with Gasteiger partial charge in [0.25, 0.3) is 5.56 Å². The fourth-order valence-corrected chi connectivity index (χ4v) is 5.02. The predicted octanol–water partition coefficient (Wildman–Crippen LogP) is 5.04. The molecule has 2 aromatic heterocycles. The molecule has 0 saturated heterocycles. The zero-order valence-electron chi connectivity index (χ0n) is 23.3. The van der Waals surface area contributed by atoms with E-state index >= 15 is 0 Å². The third-order valence-corrected chi connectivity index (χ3v) is 7.17. The smallest absolute Gasteiger partial charge is 0.252 e. The van der Waals surface area contributed by atoms with Gasteiger partial charge in [0.2, 0.25) is 0 Å². The van der Waals surface area contributed by atoms with E-state index in [1.807, 2.05) is 71.4 Å². The number of rotatable bonds is 11. The van der Waals surface area contributed by atoms with Crippen LogP contribution in [0.2, 0.25) is 0 Å². The van der Waals surface area contributed by atoms with Gasteiger partial charge in [-0.2, -0.15) is 0 Å². The number of ether oxygens (including phenoxy) is 2. The van der Waals surface area contributed by atoms with E-state index in [0.29, 0.717) is 25.2 Å². The lowest BCUT2D eigenvalue weighted by Gasteiger charge is -2.30. The first kappa shape index (κ1) is 27.1. The third-order valence-electron chi connectivity index (χ3n) is 7.17. The Labute approximate surface area is 233 Å². The maximum atomic E-state index is 13.2. The minimum absolute atomic E-state index is 0.0937. The minimum atomic E-state index is -0.136.